The van der Waals surface area contributed by atoms with Gasteiger partial charge in [0.15, 0.2) is 0 Å². The van der Waals surface area contributed by atoms with Gasteiger partial charge in [-0.3, -0.25) is 19.0 Å². The summed E-state index contributed by atoms with van der Waals surface area (Å²) < 4.78 is 19.5. The van der Waals surface area contributed by atoms with Crippen molar-refractivity contribution in [2.45, 2.75) is 25.6 Å². The van der Waals surface area contributed by atoms with Gasteiger partial charge in [-0.05, 0) is 6.92 Å². The van der Waals surface area contributed by atoms with Crippen LogP contribution in [0.3, 0.4) is 0 Å². The summed E-state index contributed by atoms with van der Waals surface area (Å²) in [5.41, 5.74) is 0. The predicted molar refractivity (Wildman–Crippen MR) is 38.0 cm³/mol. The van der Waals surface area contributed by atoms with Crippen LogP contribution in [0.25, 0.3) is 0 Å². The second kappa shape index (κ2) is 3.38. The third kappa shape index (κ3) is 1.74. The minimum Gasteiger partial charge on any atom is -0.384 e. The van der Waals surface area contributed by atoms with Gasteiger partial charge in [-0.15, -0.1) is 0 Å². The van der Waals surface area contributed by atoms with E-state index in [0.717, 1.165) is 0 Å². The van der Waals surface area contributed by atoms with Crippen molar-refractivity contribution < 1.29 is 23.7 Å². The summed E-state index contributed by atoms with van der Waals surface area (Å²) in [5.74, 6) is -0.391. The molecule has 0 saturated carbocycles. The van der Waals surface area contributed by atoms with Crippen molar-refractivity contribution in [2.75, 3.05) is 14.2 Å². The Bertz CT molecular complexity index is 175. The van der Waals surface area contributed by atoms with Gasteiger partial charge in [0, 0.05) is 14.2 Å². The van der Waals surface area contributed by atoms with Gasteiger partial charge in [0.05, 0.1) is 12.5 Å². The van der Waals surface area contributed by atoms with Gasteiger partial charge in [-0.1, -0.05) is 0 Å². The quantitative estimate of drug-likeness (QED) is 0.445. The molecule has 0 N–H and O–H groups in total. The molecular formula is C7H12O5. The summed E-state index contributed by atoms with van der Waals surface area (Å²) >= 11 is 0. The number of carbonyl (C=O) groups excluding carboxylic acids is 1. The van der Waals surface area contributed by atoms with E-state index in [4.69, 9.17) is 18.9 Å². The Morgan fingerprint density at radius 3 is 2.50 bits per heavy atom. The van der Waals surface area contributed by atoms with Crippen LogP contribution in [0.1, 0.15) is 13.3 Å². The fourth-order valence-corrected chi connectivity index (χ4v) is 0.991. The van der Waals surface area contributed by atoms with E-state index < -0.39 is 12.1 Å². The molecule has 1 fully saturated rings. The summed E-state index contributed by atoms with van der Waals surface area (Å²) in [4.78, 5) is 10.9. The lowest BCUT2D eigenvalue weighted by atomic mass is 10.3. The molecule has 1 rings (SSSR count). The molecule has 0 radical (unpaired) electrons. The lowest BCUT2D eigenvalue weighted by Crippen LogP contribution is -2.48. The van der Waals surface area contributed by atoms with E-state index in [1.807, 2.05) is 0 Å². The molecule has 0 aromatic rings. The van der Waals surface area contributed by atoms with Crippen LogP contribution < -0.4 is 0 Å². The Kier molecular flexibility index (Phi) is 2.66. The first-order valence-corrected chi connectivity index (χ1v) is 3.62. The summed E-state index contributed by atoms with van der Waals surface area (Å²) in [5, 5.41) is 0. The monoisotopic (exact) mass is 176 g/mol. The average molecular weight is 176 g/mol. The standard InChI is InChI=1S/C7H12O5/c1-5-4-6(8)12-7(9-2,10-3)11-5/h5H,4H2,1-3H3. The molecule has 70 valence electrons. The van der Waals surface area contributed by atoms with Crippen LogP contribution in [0, 0.1) is 0 Å². The van der Waals surface area contributed by atoms with Crippen molar-refractivity contribution in [1.29, 1.82) is 0 Å². The van der Waals surface area contributed by atoms with Gasteiger partial charge >= 0.3 is 12.1 Å². The maximum absolute atomic E-state index is 10.9. The molecule has 5 heteroatoms. The fourth-order valence-electron chi connectivity index (χ4n) is 0.991. The van der Waals surface area contributed by atoms with E-state index in [2.05, 4.69) is 0 Å². The van der Waals surface area contributed by atoms with E-state index in [0.29, 0.717) is 0 Å². The summed E-state index contributed by atoms with van der Waals surface area (Å²) in [6.07, 6.45) is -1.69. The lowest BCUT2D eigenvalue weighted by Gasteiger charge is -2.34. The Balaban J connectivity index is 2.69. The Morgan fingerprint density at radius 2 is 2.08 bits per heavy atom. The zero-order chi connectivity index (χ0) is 9.19. The first-order valence-electron chi connectivity index (χ1n) is 3.62. The van der Waals surface area contributed by atoms with Crippen LogP contribution in [0.5, 0.6) is 0 Å². The average Bonchev–Trinajstić information content (AvgIpc) is 2.02. The van der Waals surface area contributed by atoms with Crippen molar-refractivity contribution in [2.24, 2.45) is 0 Å². The summed E-state index contributed by atoms with van der Waals surface area (Å²) in [6, 6.07) is 0. The smallest absolute Gasteiger partial charge is 0.384 e. The number of carbonyl (C=O) groups is 1. The van der Waals surface area contributed by atoms with Crippen LogP contribution in [-0.4, -0.2) is 32.5 Å². The van der Waals surface area contributed by atoms with Gasteiger partial charge in [-0.25, -0.2) is 0 Å². The normalized spacial score (nSPS) is 28.2. The van der Waals surface area contributed by atoms with Gasteiger partial charge in [0.25, 0.3) is 0 Å². The molecule has 0 amide bonds. The van der Waals surface area contributed by atoms with Gasteiger partial charge in [0.2, 0.25) is 0 Å². The first kappa shape index (κ1) is 9.44. The highest BCUT2D eigenvalue weighted by atomic mass is 17.0. The fraction of sp³-hybridized carbons (Fsp3) is 0.857. The van der Waals surface area contributed by atoms with E-state index >= 15 is 0 Å². The number of esters is 1. The molecule has 1 aliphatic rings. The molecule has 1 unspecified atom stereocenters. The van der Waals surface area contributed by atoms with E-state index in [1.54, 1.807) is 6.92 Å². The predicted octanol–water partition coefficient (Wildman–Crippen LogP) is 0.242. The van der Waals surface area contributed by atoms with Crippen molar-refractivity contribution in [1.82, 2.24) is 0 Å². The van der Waals surface area contributed by atoms with Gasteiger partial charge < -0.3 is 4.74 Å². The number of hydrogen-bond donors (Lipinski definition) is 0. The molecule has 1 aliphatic heterocycles. The van der Waals surface area contributed by atoms with Crippen molar-refractivity contribution >= 4 is 5.97 Å². The highest BCUT2D eigenvalue weighted by molar-refractivity contribution is 5.70. The third-order valence-electron chi connectivity index (χ3n) is 1.54. The van der Waals surface area contributed by atoms with E-state index in [1.165, 1.54) is 14.2 Å². The highest BCUT2D eigenvalue weighted by Gasteiger charge is 2.43. The minimum absolute atomic E-state index is 0.217. The van der Waals surface area contributed by atoms with E-state index in [-0.39, 0.29) is 12.5 Å². The molecule has 1 heterocycles. The molecule has 5 nitrogen and oxygen atoms in total. The molecule has 1 saturated heterocycles. The molecule has 0 aromatic carbocycles. The van der Waals surface area contributed by atoms with Crippen LogP contribution in [0.4, 0.5) is 0 Å². The third-order valence-corrected chi connectivity index (χ3v) is 1.54. The van der Waals surface area contributed by atoms with Crippen LogP contribution in [0.15, 0.2) is 0 Å². The summed E-state index contributed by atoms with van der Waals surface area (Å²) in [7, 11) is 2.68. The number of hydrogen-bond acceptors (Lipinski definition) is 5. The number of cyclic esters (lactones) is 1. The maximum atomic E-state index is 10.9. The van der Waals surface area contributed by atoms with Crippen molar-refractivity contribution in [3.05, 3.63) is 0 Å². The Labute approximate surface area is 70.5 Å². The minimum atomic E-state index is -1.64. The molecule has 0 spiro atoms. The first-order chi connectivity index (χ1) is 5.62. The van der Waals surface area contributed by atoms with Gasteiger partial charge in [-0.2, -0.15) is 0 Å². The molecule has 0 bridgehead atoms. The molecular weight excluding hydrogens is 164 g/mol. The summed E-state index contributed by atoms with van der Waals surface area (Å²) in [6.45, 7) is 1.74. The van der Waals surface area contributed by atoms with Crippen LogP contribution >= 0.6 is 0 Å². The van der Waals surface area contributed by atoms with Crippen molar-refractivity contribution in [3.63, 3.8) is 0 Å². The number of methoxy groups -OCH3 is 2. The molecule has 1 atom stereocenters. The Hall–Kier alpha value is -0.650. The SMILES string of the molecule is COC1(OC)OC(=O)CC(C)O1. The molecule has 0 aromatic heterocycles. The number of rotatable bonds is 2. The van der Waals surface area contributed by atoms with Crippen molar-refractivity contribution in [3.8, 4) is 0 Å². The lowest BCUT2D eigenvalue weighted by molar-refractivity contribution is -0.488. The maximum Gasteiger partial charge on any atom is 0.462 e. The zero-order valence-electron chi connectivity index (χ0n) is 7.33. The van der Waals surface area contributed by atoms with Crippen LogP contribution in [-0.2, 0) is 23.7 Å². The molecule has 12 heavy (non-hydrogen) atoms. The topological polar surface area (TPSA) is 54.0 Å². The van der Waals surface area contributed by atoms with Crippen LogP contribution in [0.2, 0.25) is 0 Å². The number of ether oxygens (including phenoxy) is 4. The zero-order valence-corrected chi connectivity index (χ0v) is 7.33. The highest BCUT2D eigenvalue weighted by Crippen LogP contribution is 2.24. The second-order valence-electron chi connectivity index (χ2n) is 2.51. The largest absolute Gasteiger partial charge is 0.462 e. The van der Waals surface area contributed by atoms with Gasteiger partial charge in [0.1, 0.15) is 0 Å². The van der Waals surface area contributed by atoms with E-state index in [9.17, 15) is 4.79 Å². The molecule has 0 aliphatic carbocycles. The Morgan fingerprint density at radius 1 is 1.50 bits per heavy atom. The second-order valence-corrected chi connectivity index (χ2v) is 2.51.